The lowest BCUT2D eigenvalue weighted by molar-refractivity contribution is -0.171. The highest BCUT2D eigenvalue weighted by molar-refractivity contribution is 6.34. The average molecular weight is 322 g/mol. The van der Waals surface area contributed by atoms with Gasteiger partial charge in [-0.05, 0) is 32.3 Å². The predicted octanol–water partition coefficient (Wildman–Crippen LogP) is 3.12. The summed E-state index contributed by atoms with van der Waals surface area (Å²) in [5.41, 5.74) is 1.51. The van der Waals surface area contributed by atoms with Crippen LogP contribution in [-0.2, 0) is 4.74 Å². The Bertz CT molecular complexity index is 617. The third kappa shape index (κ3) is 1.95. The van der Waals surface area contributed by atoms with Crippen molar-refractivity contribution >= 4 is 23.3 Å². The number of aromatic nitrogens is 1. The third-order valence-electron chi connectivity index (χ3n) is 5.63. The molecule has 1 aliphatic heterocycles. The number of ether oxygens (including phenoxy) is 1. The molecule has 3 atom stereocenters. The van der Waals surface area contributed by atoms with E-state index >= 15 is 0 Å². The first-order valence-electron chi connectivity index (χ1n) is 7.92. The molecular formula is C16H20ClN3O2. The van der Waals surface area contributed by atoms with Gasteiger partial charge < -0.3 is 15.4 Å². The minimum atomic E-state index is -0.186. The number of carbonyl (C=O) groups is 1. The van der Waals surface area contributed by atoms with Crippen molar-refractivity contribution in [3.63, 3.8) is 0 Å². The maximum atomic E-state index is 12.4. The average Bonchev–Trinajstić information content (AvgIpc) is 2.85. The van der Waals surface area contributed by atoms with E-state index in [1.165, 1.54) is 6.42 Å². The number of rotatable bonds is 2. The van der Waals surface area contributed by atoms with Gasteiger partial charge in [-0.15, -0.1) is 0 Å². The first-order valence-corrected chi connectivity index (χ1v) is 8.30. The number of hydrogen-bond donors (Lipinski definition) is 2. The molecule has 2 N–H and O–H groups in total. The quantitative estimate of drug-likeness (QED) is 0.879. The summed E-state index contributed by atoms with van der Waals surface area (Å²) in [4.78, 5) is 16.5. The van der Waals surface area contributed by atoms with Gasteiger partial charge in [-0.2, -0.15) is 0 Å². The fraction of sp³-hybridized carbons (Fsp3) is 0.625. The summed E-state index contributed by atoms with van der Waals surface area (Å²) in [7, 11) is 0. The molecule has 3 fully saturated rings. The van der Waals surface area contributed by atoms with E-state index in [1.807, 2.05) is 6.92 Å². The van der Waals surface area contributed by atoms with E-state index < -0.39 is 0 Å². The number of nitrogens with one attached hydrogen (secondary N) is 2. The standard InChI is InChI=1S/C16H20ClN3O2/c1-9-12(17)11(3-7-18-9)19-15(21)20-13-10-4-8-22-14(10)16(13)5-2-6-16/h3,7,10,13-14H,2,4-6,8H2,1H3,(H2,18,19,20,21)/t10-,13+,14-/m0/s1. The number of hydrogen-bond acceptors (Lipinski definition) is 3. The van der Waals surface area contributed by atoms with E-state index in [9.17, 15) is 4.79 Å². The van der Waals surface area contributed by atoms with Crippen molar-refractivity contribution in [3.8, 4) is 0 Å². The molecule has 3 aliphatic rings. The second-order valence-electron chi connectivity index (χ2n) is 6.66. The topological polar surface area (TPSA) is 63.2 Å². The van der Waals surface area contributed by atoms with E-state index in [4.69, 9.17) is 16.3 Å². The number of anilines is 1. The monoisotopic (exact) mass is 321 g/mol. The molecule has 2 saturated carbocycles. The Morgan fingerprint density at radius 3 is 3.05 bits per heavy atom. The fourth-order valence-electron chi connectivity index (χ4n) is 4.40. The van der Waals surface area contributed by atoms with Gasteiger partial charge in [0.25, 0.3) is 0 Å². The molecule has 2 amide bonds. The van der Waals surface area contributed by atoms with Crippen molar-refractivity contribution in [2.24, 2.45) is 11.3 Å². The third-order valence-corrected chi connectivity index (χ3v) is 6.11. The number of carbonyl (C=O) groups excluding carboxylic acids is 1. The SMILES string of the molecule is Cc1nccc(NC(=O)N[C@@H]2[C@@H]3CCO[C@@H]3C23CCC3)c1Cl. The molecule has 22 heavy (non-hydrogen) atoms. The highest BCUT2D eigenvalue weighted by Crippen LogP contribution is 2.62. The Hall–Kier alpha value is -1.33. The van der Waals surface area contributed by atoms with Crippen molar-refractivity contribution < 1.29 is 9.53 Å². The lowest BCUT2D eigenvalue weighted by atomic mass is 9.46. The van der Waals surface area contributed by atoms with Crippen LogP contribution in [-0.4, -0.2) is 29.8 Å². The lowest BCUT2D eigenvalue weighted by Crippen LogP contribution is -2.72. The molecule has 118 valence electrons. The minimum Gasteiger partial charge on any atom is -0.377 e. The molecule has 1 aromatic heterocycles. The van der Waals surface area contributed by atoms with Crippen molar-refractivity contribution in [2.45, 2.75) is 44.8 Å². The van der Waals surface area contributed by atoms with Crippen LogP contribution in [0.1, 0.15) is 31.4 Å². The number of amides is 2. The Balaban J connectivity index is 1.45. The molecule has 1 spiro atoms. The number of pyridine rings is 1. The van der Waals surface area contributed by atoms with Gasteiger partial charge >= 0.3 is 6.03 Å². The van der Waals surface area contributed by atoms with Crippen molar-refractivity contribution in [1.29, 1.82) is 0 Å². The molecule has 0 bridgehead atoms. The molecule has 6 heteroatoms. The van der Waals surface area contributed by atoms with Gasteiger partial charge in [-0.1, -0.05) is 18.0 Å². The highest BCUT2D eigenvalue weighted by Gasteiger charge is 2.66. The number of nitrogens with zero attached hydrogens (tertiary/aromatic N) is 1. The molecular weight excluding hydrogens is 302 g/mol. The van der Waals surface area contributed by atoms with Crippen LogP contribution in [0.25, 0.3) is 0 Å². The van der Waals surface area contributed by atoms with Crippen LogP contribution in [0.3, 0.4) is 0 Å². The van der Waals surface area contributed by atoms with Crippen molar-refractivity contribution in [1.82, 2.24) is 10.3 Å². The van der Waals surface area contributed by atoms with Gasteiger partial charge in [0.15, 0.2) is 0 Å². The number of halogens is 1. The van der Waals surface area contributed by atoms with E-state index in [2.05, 4.69) is 15.6 Å². The maximum absolute atomic E-state index is 12.4. The summed E-state index contributed by atoms with van der Waals surface area (Å²) >= 11 is 6.18. The molecule has 2 aliphatic carbocycles. The largest absolute Gasteiger partial charge is 0.377 e. The van der Waals surface area contributed by atoms with Crippen molar-refractivity contribution in [2.75, 3.05) is 11.9 Å². The second-order valence-corrected chi connectivity index (χ2v) is 7.04. The van der Waals surface area contributed by atoms with Crippen LogP contribution in [0.5, 0.6) is 0 Å². The zero-order valence-electron chi connectivity index (χ0n) is 12.6. The summed E-state index contributed by atoms with van der Waals surface area (Å²) < 4.78 is 5.87. The Kier molecular flexibility index (Phi) is 3.31. The highest BCUT2D eigenvalue weighted by atomic mass is 35.5. The number of aryl methyl sites for hydroxylation is 1. The molecule has 2 heterocycles. The van der Waals surface area contributed by atoms with Gasteiger partial charge in [-0.25, -0.2) is 4.79 Å². The van der Waals surface area contributed by atoms with Crippen LogP contribution in [0, 0.1) is 18.3 Å². The van der Waals surface area contributed by atoms with Crippen LogP contribution < -0.4 is 10.6 Å². The Morgan fingerprint density at radius 1 is 1.50 bits per heavy atom. The van der Waals surface area contributed by atoms with E-state index in [0.717, 1.165) is 25.9 Å². The first-order chi connectivity index (χ1) is 10.6. The van der Waals surface area contributed by atoms with E-state index in [-0.39, 0.29) is 17.5 Å². The van der Waals surface area contributed by atoms with Crippen LogP contribution in [0.2, 0.25) is 5.02 Å². The second kappa shape index (κ2) is 5.10. The lowest BCUT2D eigenvalue weighted by Gasteiger charge is -2.63. The van der Waals surface area contributed by atoms with E-state index in [0.29, 0.717) is 28.4 Å². The first kappa shape index (κ1) is 14.3. The fourth-order valence-corrected chi connectivity index (χ4v) is 4.56. The molecule has 5 nitrogen and oxygen atoms in total. The molecule has 0 aromatic carbocycles. The van der Waals surface area contributed by atoms with Gasteiger partial charge in [0.05, 0.1) is 22.5 Å². The Labute approximate surface area is 134 Å². The van der Waals surface area contributed by atoms with Crippen LogP contribution >= 0.6 is 11.6 Å². The van der Waals surface area contributed by atoms with E-state index in [1.54, 1.807) is 12.3 Å². The van der Waals surface area contributed by atoms with Gasteiger partial charge in [-0.3, -0.25) is 4.98 Å². The van der Waals surface area contributed by atoms with Crippen molar-refractivity contribution in [3.05, 3.63) is 23.0 Å². The maximum Gasteiger partial charge on any atom is 0.319 e. The number of urea groups is 1. The van der Waals surface area contributed by atoms with Gasteiger partial charge in [0.2, 0.25) is 0 Å². The summed E-state index contributed by atoms with van der Waals surface area (Å²) in [6.07, 6.45) is 6.61. The molecule has 4 rings (SSSR count). The number of fused-ring (bicyclic) bond motifs is 2. The summed E-state index contributed by atoms with van der Waals surface area (Å²) in [5.74, 6) is 0.473. The summed E-state index contributed by atoms with van der Waals surface area (Å²) in [6.45, 7) is 2.65. The minimum absolute atomic E-state index is 0.186. The summed E-state index contributed by atoms with van der Waals surface area (Å²) in [5, 5.41) is 6.51. The molecule has 1 aromatic rings. The van der Waals surface area contributed by atoms with Gasteiger partial charge in [0, 0.05) is 30.2 Å². The van der Waals surface area contributed by atoms with Crippen LogP contribution in [0.15, 0.2) is 12.3 Å². The Morgan fingerprint density at radius 2 is 2.32 bits per heavy atom. The smallest absolute Gasteiger partial charge is 0.319 e. The zero-order chi connectivity index (χ0) is 15.3. The zero-order valence-corrected chi connectivity index (χ0v) is 13.3. The summed E-state index contributed by atoms with van der Waals surface area (Å²) in [6, 6.07) is 1.76. The normalized spacial score (nSPS) is 31.1. The molecule has 0 unspecified atom stereocenters. The molecule has 1 saturated heterocycles. The predicted molar refractivity (Wildman–Crippen MR) is 84.1 cm³/mol. The van der Waals surface area contributed by atoms with Gasteiger partial charge in [0.1, 0.15) is 0 Å². The molecule has 0 radical (unpaired) electrons. The van der Waals surface area contributed by atoms with Crippen LogP contribution in [0.4, 0.5) is 10.5 Å².